The largest absolute Gasteiger partial charge is 0.497 e. The Balaban J connectivity index is 1.37. The summed E-state index contributed by atoms with van der Waals surface area (Å²) in [4.78, 5) is 31.5. The summed E-state index contributed by atoms with van der Waals surface area (Å²) in [5.74, 6) is 1.10. The number of thioether (sulfide) groups is 1. The Morgan fingerprint density at radius 1 is 0.805 bits per heavy atom. The number of anilines is 2. The van der Waals surface area contributed by atoms with Crippen LogP contribution in [0.5, 0.6) is 17.2 Å². The van der Waals surface area contributed by atoms with E-state index in [1.807, 2.05) is 61.5 Å². The Bertz CT molecular complexity index is 1620. The lowest BCUT2D eigenvalue weighted by atomic mass is 10.1. The number of benzene rings is 4. The number of nitrogens with two attached hydrogens (primary N) is 1. The summed E-state index contributed by atoms with van der Waals surface area (Å²) in [6.45, 7) is 1.98. The number of rotatable bonds is 8. The SMILES string of the molecule is COc1cccc(NC(=O)C2=C(N)C(C(=O)Nc3ccc(Oc4ccccc4)cc3)SC2=Nc2ccc(C)cc2)c1. The fraction of sp³-hybridized carbons (Fsp3) is 0.0938. The van der Waals surface area contributed by atoms with Crippen LogP contribution in [0.2, 0.25) is 0 Å². The second kappa shape index (κ2) is 12.4. The summed E-state index contributed by atoms with van der Waals surface area (Å²) in [5, 5.41) is 5.25. The Kier molecular flexibility index (Phi) is 8.36. The number of nitrogens with zero attached hydrogens (tertiary/aromatic N) is 1. The molecule has 1 heterocycles. The van der Waals surface area contributed by atoms with Gasteiger partial charge >= 0.3 is 0 Å². The lowest BCUT2D eigenvalue weighted by molar-refractivity contribution is -0.115. The maximum Gasteiger partial charge on any atom is 0.260 e. The van der Waals surface area contributed by atoms with E-state index in [2.05, 4.69) is 15.6 Å². The first-order valence-electron chi connectivity index (χ1n) is 12.8. The number of para-hydroxylation sites is 1. The molecule has 0 aliphatic carbocycles. The number of amides is 2. The fourth-order valence-corrected chi connectivity index (χ4v) is 5.18. The first kappa shape index (κ1) is 27.5. The maximum absolute atomic E-state index is 13.5. The van der Waals surface area contributed by atoms with Crippen molar-refractivity contribution in [3.8, 4) is 17.2 Å². The average Bonchev–Trinajstić information content (AvgIpc) is 3.31. The van der Waals surface area contributed by atoms with Crippen LogP contribution in [0.3, 0.4) is 0 Å². The van der Waals surface area contributed by atoms with E-state index in [9.17, 15) is 9.59 Å². The van der Waals surface area contributed by atoms with Crippen molar-refractivity contribution >= 4 is 45.7 Å². The lowest BCUT2D eigenvalue weighted by Crippen LogP contribution is -2.29. The van der Waals surface area contributed by atoms with Gasteiger partial charge in [-0.3, -0.25) is 9.59 Å². The molecule has 1 atom stereocenters. The molecule has 0 fully saturated rings. The van der Waals surface area contributed by atoms with Crippen molar-refractivity contribution in [1.82, 2.24) is 0 Å². The topological polar surface area (TPSA) is 115 Å². The monoisotopic (exact) mass is 564 g/mol. The van der Waals surface area contributed by atoms with Gasteiger partial charge < -0.3 is 25.8 Å². The van der Waals surface area contributed by atoms with Crippen LogP contribution < -0.4 is 25.8 Å². The molecule has 0 radical (unpaired) electrons. The quantitative estimate of drug-likeness (QED) is 0.227. The number of aliphatic imine (C=N–C) groups is 1. The van der Waals surface area contributed by atoms with Crippen LogP contribution in [0.15, 0.2) is 119 Å². The molecule has 5 rings (SSSR count). The van der Waals surface area contributed by atoms with Gasteiger partial charge in [0.25, 0.3) is 5.91 Å². The fourth-order valence-electron chi connectivity index (χ4n) is 4.06. The second-order valence-electron chi connectivity index (χ2n) is 9.20. The molecule has 1 unspecified atom stereocenters. The van der Waals surface area contributed by atoms with Gasteiger partial charge in [-0.1, -0.05) is 53.7 Å². The third kappa shape index (κ3) is 6.77. The number of aryl methyl sites for hydroxylation is 1. The third-order valence-electron chi connectivity index (χ3n) is 6.17. The van der Waals surface area contributed by atoms with E-state index in [0.29, 0.717) is 39.4 Å². The van der Waals surface area contributed by atoms with E-state index >= 15 is 0 Å². The van der Waals surface area contributed by atoms with Crippen molar-refractivity contribution in [3.05, 3.63) is 120 Å². The molecule has 4 aromatic carbocycles. The molecule has 41 heavy (non-hydrogen) atoms. The zero-order valence-electron chi connectivity index (χ0n) is 22.5. The minimum Gasteiger partial charge on any atom is -0.497 e. The van der Waals surface area contributed by atoms with Gasteiger partial charge in [0.15, 0.2) is 0 Å². The van der Waals surface area contributed by atoms with Gasteiger partial charge in [-0.25, -0.2) is 4.99 Å². The van der Waals surface area contributed by atoms with E-state index in [0.717, 1.165) is 17.3 Å². The van der Waals surface area contributed by atoms with Crippen LogP contribution in [-0.2, 0) is 9.59 Å². The molecule has 0 spiro atoms. The van der Waals surface area contributed by atoms with Gasteiger partial charge in [-0.2, -0.15) is 0 Å². The Morgan fingerprint density at radius 2 is 1.49 bits per heavy atom. The number of nitrogens with one attached hydrogen (secondary N) is 2. The molecule has 0 bridgehead atoms. The summed E-state index contributed by atoms with van der Waals surface area (Å²) < 4.78 is 11.1. The highest BCUT2D eigenvalue weighted by molar-refractivity contribution is 8.16. The number of carbonyl (C=O) groups is 2. The first-order valence-corrected chi connectivity index (χ1v) is 13.7. The molecule has 4 N–H and O–H groups in total. The van der Waals surface area contributed by atoms with Crippen molar-refractivity contribution in [2.75, 3.05) is 17.7 Å². The molecule has 206 valence electrons. The number of carbonyl (C=O) groups excluding carboxylic acids is 2. The van der Waals surface area contributed by atoms with Crippen LogP contribution in [0.4, 0.5) is 17.1 Å². The first-order chi connectivity index (χ1) is 19.9. The molecule has 2 amide bonds. The number of methoxy groups -OCH3 is 1. The Hall–Kier alpha value is -5.02. The Labute approximate surface area is 242 Å². The zero-order valence-corrected chi connectivity index (χ0v) is 23.3. The predicted octanol–water partition coefficient (Wildman–Crippen LogP) is 6.43. The molecule has 9 heteroatoms. The predicted molar refractivity (Wildman–Crippen MR) is 164 cm³/mol. The summed E-state index contributed by atoms with van der Waals surface area (Å²) >= 11 is 1.13. The average molecular weight is 565 g/mol. The number of ether oxygens (including phenoxy) is 2. The smallest absolute Gasteiger partial charge is 0.260 e. The summed E-state index contributed by atoms with van der Waals surface area (Å²) in [6, 6.07) is 31.0. The summed E-state index contributed by atoms with van der Waals surface area (Å²) in [5.41, 5.74) is 9.58. The van der Waals surface area contributed by atoms with Gasteiger partial charge in [0, 0.05) is 23.1 Å². The molecular formula is C32H28N4O4S. The van der Waals surface area contributed by atoms with Gasteiger partial charge in [0.2, 0.25) is 5.91 Å². The van der Waals surface area contributed by atoms with Crippen molar-refractivity contribution < 1.29 is 19.1 Å². The van der Waals surface area contributed by atoms with E-state index in [1.165, 1.54) is 0 Å². The number of hydrogen-bond acceptors (Lipinski definition) is 7. The van der Waals surface area contributed by atoms with E-state index in [1.54, 1.807) is 55.6 Å². The van der Waals surface area contributed by atoms with E-state index in [-0.39, 0.29) is 17.2 Å². The van der Waals surface area contributed by atoms with Crippen LogP contribution in [0.25, 0.3) is 0 Å². The number of hydrogen-bond donors (Lipinski definition) is 3. The van der Waals surface area contributed by atoms with E-state index < -0.39 is 11.2 Å². The standard InChI is InChI=1S/C32H28N4O4S/c1-20-11-13-22(14-12-20)36-32-27(30(37)35-23-7-6-10-26(19-23)39-2)28(33)29(41-32)31(38)34-21-15-17-25(18-16-21)40-24-8-4-3-5-9-24/h3-19,29H,33H2,1-2H3,(H,34,38)(H,35,37). The molecule has 8 nitrogen and oxygen atoms in total. The molecule has 1 aliphatic rings. The Morgan fingerprint density at radius 3 is 2.20 bits per heavy atom. The minimum atomic E-state index is -0.856. The highest BCUT2D eigenvalue weighted by atomic mass is 32.2. The van der Waals surface area contributed by atoms with Crippen LogP contribution in [0, 0.1) is 6.92 Å². The van der Waals surface area contributed by atoms with Gasteiger partial charge in [0.05, 0.1) is 18.4 Å². The molecule has 0 aromatic heterocycles. The molecule has 0 saturated heterocycles. The van der Waals surface area contributed by atoms with Crippen molar-refractivity contribution in [2.45, 2.75) is 12.2 Å². The maximum atomic E-state index is 13.5. The third-order valence-corrected chi connectivity index (χ3v) is 7.40. The van der Waals surface area contributed by atoms with Crippen molar-refractivity contribution in [3.63, 3.8) is 0 Å². The second-order valence-corrected chi connectivity index (χ2v) is 10.3. The highest BCUT2D eigenvalue weighted by Crippen LogP contribution is 2.36. The summed E-state index contributed by atoms with van der Waals surface area (Å²) in [7, 11) is 1.55. The molecule has 0 saturated carbocycles. The van der Waals surface area contributed by atoms with Crippen molar-refractivity contribution in [1.29, 1.82) is 0 Å². The highest BCUT2D eigenvalue weighted by Gasteiger charge is 2.38. The molecule has 4 aromatic rings. The van der Waals surface area contributed by atoms with Crippen LogP contribution >= 0.6 is 11.8 Å². The normalized spacial score (nSPS) is 15.5. The minimum absolute atomic E-state index is 0.128. The molecular weight excluding hydrogens is 536 g/mol. The lowest BCUT2D eigenvalue weighted by Gasteiger charge is -2.12. The van der Waals surface area contributed by atoms with Gasteiger partial charge in [-0.05, 0) is 67.6 Å². The van der Waals surface area contributed by atoms with Crippen LogP contribution in [0.1, 0.15) is 5.56 Å². The zero-order chi connectivity index (χ0) is 28.8. The van der Waals surface area contributed by atoms with E-state index in [4.69, 9.17) is 15.2 Å². The molecule has 1 aliphatic heterocycles. The summed E-state index contributed by atoms with van der Waals surface area (Å²) in [6.07, 6.45) is 0. The van der Waals surface area contributed by atoms with Crippen molar-refractivity contribution in [2.24, 2.45) is 10.7 Å². The van der Waals surface area contributed by atoms with Gasteiger partial charge in [0.1, 0.15) is 27.5 Å². The van der Waals surface area contributed by atoms with Gasteiger partial charge in [-0.15, -0.1) is 0 Å². The van der Waals surface area contributed by atoms with Crippen LogP contribution in [-0.4, -0.2) is 29.2 Å².